The molecule has 0 heterocycles. The summed E-state index contributed by atoms with van der Waals surface area (Å²) in [6.07, 6.45) is 4.94. The smallest absolute Gasteiger partial charge is 0.0248 e. The highest BCUT2D eigenvalue weighted by Crippen LogP contribution is 2.00. The molecule has 0 unspecified atom stereocenters. The fourth-order valence-corrected chi connectivity index (χ4v) is 1.51. The Bertz CT molecular complexity index is 525. The first-order valence-corrected chi connectivity index (χ1v) is 5.71. The molecule has 0 aliphatic carbocycles. The summed E-state index contributed by atoms with van der Waals surface area (Å²) in [5.74, 6) is 6.14. The predicted octanol–water partition coefficient (Wildman–Crippen LogP) is 3.84. The Kier molecular flexibility index (Phi) is 4.20. The zero-order chi connectivity index (χ0) is 11.8. The van der Waals surface area contributed by atoms with Crippen LogP contribution in [0.3, 0.4) is 0 Å². The van der Waals surface area contributed by atoms with Crippen LogP contribution in [0.25, 0.3) is 0 Å². The van der Waals surface area contributed by atoms with E-state index in [0.29, 0.717) is 0 Å². The molecule has 0 nitrogen and oxygen atoms in total. The monoisotopic (exact) mass is 218 g/mol. The van der Waals surface area contributed by atoms with Crippen molar-refractivity contribution in [2.75, 3.05) is 0 Å². The third-order valence-corrected chi connectivity index (χ3v) is 2.39. The molecule has 2 rings (SSSR count). The van der Waals surface area contributed by atoms with Gasteiger partial charge < -0.3 is 0 Å². The predicted molar refractivity (Wildman–Crippen MR) is 72.6 cm³/mol. The third kappa shape index (κ3) is 4.01. The lowest BCUT2D eigenvalue weighted by molar-refractivity contribution is 1.27. The molecule has 0 bridgehead atoms. The quantitative estimate of drug-likeness (QED) is 0.672. The summed E-state index contributed by atoms with van der Waals surface area (Å²) < 4.78 is 0. The van der Waals surface area contributed by atoms with E-state index in [0.717, 1.165) is 12.0 Å². The third-order valence-electron chi connectivity index (χ3n) is 2.39. The second-order valence-corrected chi connectivity index (χ2v) is 3.73. The molecule has 0 fully saturated rings. The topological polar surface area (TPSA) is 0 Å². The Hall–Kier alpha value is -2.26. The van der Waals surface area contributed by atoms with E-state index < -0.39 is 0 Å². The molecule has 0 heteroatoms. The first kappa shape index (κ1) is 11.2. The van der Waals surface area contributed by atoms with Gasteiger partial charge in [-0.2, -0.15) is 0 Å². The fraction of sp³-hybridized carbons (Fsp3) is 0.0588. The minimum absolute atomic E-state index is 0.935. The van der Waals surface area contributed by atoms with Gasteiger partial charge in [0.25, 0.3) is 0 Å². The summed E-state index contributed by atoms with van der Waals surface area (Å²) in [4.78, 5) is 0. The molecule has 17 heavy (non-hydrogen) atoms. The second-order valence-electron chi connectivity index (χ2n) is 3.73. The van der Waals surface area contributed by atoms with E-state index in [9.17, 15) is 0 Å². The molecule has 0 saturated carbocycles. The van der Waals surface area contributed by atoms with Gasteiger partial charge in [-0.1, -0.05) is 66.4 Å². The molecule has 2 aromatic rings. The van der Waals surface area contributed by atoms with Gasteiger partial charge in [-0.25, -0.2) is 0 Å². The van der Waals surface area contributed by atoms with Crippen molar-refractivity contribution < 1.29 is 0 Å². The zero-order valence-corrected chi connectivity index (χ0v) is 9.64. The van der Waals surface area contributed by atoms with Crippen molar-refractivity contribution in [2.24, 2.45) is 0 Å². The van der Waals surface area contributed by atoms with Crippen LogP contribution in [0.4, 0.5) is 0 Å². The molecule has 0 aromatic heterocycles. The number of benzene rings is 2. The Morgan fingerprint density at radius 1 is 0.824 bits per heavy atom. The molecular formula is C17H14. The first-order chi connectivity index (χ1) is 8.45. The van der Waals surface area contributed by atoms with Crippen LogP contribution < -0.4 is 0 Å². The normalized spacial score (nSPS) is 9.88. The molecule has 0 radical (unpaired) electrons. The van der Waals surface area contributed by atoms with Crippen molar-refractivity contribution in [1.29, 1.82) is 0 Å². The summed E-state index contributed by atoms with van der Waals surface area (Å²) in [7, 11) is 0. The van der Waals surface area contributed by atoms with E-state index in [2.05, 4.69) is 42.2 Å². The number of allylic oxidation sites excluding steroid dienone is 2. The van der Waals surface area contributed by atoms with Gasteiger partial charge in [0, 0.05) is 5.56 Å². The molecule has 0 N–H and O–H groups in total. The average molecular weight is 218 g/mol. The number of hydrogen-bond donors (Lipinski definition) is 0. The van der Waals surface area contributed by atoms with Gasteiger partial charge in [0.1, 0.15) is 0 Å². The SMILES string of the molecule is C(#Cc1ccccc1)C=CCc1ccccc1. The van der Waals surface area contributed by atoms with Crippen LogP contribution in [-0.4, -0.2) is 0 Å². The van der Waals surface area contributed by atoms with Crippen molar-refractivity contribution in [3.05, 3.63) is 83.9 Å². The molecule has 0 atom stereocenters. The van der Waals surface area contributed by atoms with Gasteiger partial charge in [0.15, 0.2) is 0 Å². The van der Waals surface area contributed by atoms with E-state index in [4.69, 9.17) is 0 Å². The van der Waals surface area contributed by atoms with Gasteiger partial charge in [0.2, 0.25) is 0 Å². The summed E-state index contributed by atoms with van der Waals surface area (Å²) in [5.41, 5.74) is 2.36. The largest absolute Gasteiger partial charge is 0.0717 e. The minimum Gasteiger partial charge on any atom is -0.0717 e. The zero-order valence-electron chi connectivity index (χ0n) is 9.64. The molecule has 0 amide bonds. The van der Waals surface area contributed by atoms with Crippen LogP contribution in [0, 0.1) is 11.8 Å². The molecule has 0 aliphatic heterocycles. The van der Waals surface area contributed by atoms with Crippen LogP contribution in [0.5, 0.6) is 0 Å². The van der Waals surface area contributed by atoms with Crippen LogP contribution >= 0.6 is 0 Å². The van der Waals surface area contributed by atoms with Crippen LogP contribution in [0.1, 0.15) is 11.1 Å². The highest BCUT2D eigenvalue weighted by molar-refractivity contribution is 5.36. The van der Waals surface area contributed by atoms with Crippen molar-refractivity contribution in [3.8, 4) is 11.8 Å². The van der Waals surface area contributed by atoms with Gasteiger partial charge >= 0.3 is 0 Å². The molecule has 0 spiro atoms. The van der Waals surface area contributed by atoms with E-state index in [1.165, 1.54) is 5.56 Å². The Morgan fingerprint density at radius 2 is 1.47 bits per heavy atom. The summed E-state index contributed by atoms with van der Waals surface area (Å²) in [5, 5.41) is 0. The molecule has 0 saturated heterocycles. The number of hydrogen-bond acceptors (Lipinski definition) is 0. The van der Waals surface area contributed by atoms with Gasteiger partial charge in [-0.15, -0.1) is 0 Å². The van der Waals surface area contributed by atoms with Crippen LogP contribution in [0.2, 0.25) is 0 Å². The summed E-state index contributed by atoms with van der Waals surface area (Å²) >= 11 is 0. The lowest BCUT2D eigenvalue weighted by atomic mass is 10.1. The molecule has 0 aliphatic rings. The Morgan fingerprint density at radius 3 is 2.18 bits per heavy atom. The standard InChI is InChI=1S/C17H14/c1-4-10-16(11-5-1)14-8-3-9-15-17-12-6-2-7-13-17/h1-8,10-13H,14H2. The molecular weight excluding hydrogens is 204 g/mol. The van der Waals surface area contributed by atoms with Gasteiger partial charge in [0.05, 0.1) is 0 Å². The molecule has 2 aromatic carbocycles. The lowest BCUT2D eigenvalue weighted by Gasteiger charge is -1.92. The van der Waals surface area contributed by atoms with Gasteiger partial charge in [-0.05, 0) is 30.2 Å². The number of rotatable bonds is 2. The van der Waals surface area contributed by atoms with Crippen LogP contribution in [0.15, 0.2) is 72.8 Å². The minimum atomic E-state index is 0.935. The van der Waals surface area contributed by atoms with Crippen LogP contribution in [-0.2, 0) is 6.42 Å². The summed E-state index contributed by atoms with van der Waals surface area (Å²) in [6, 6.07) is 20.4. The van der Waals surface area contributed by atoms with Crippen molar-refractivity contribution in [3.63, 3.8) is 0 Å². The first-order valence-electron chi connectivity index (χ1n) is 5.71. The Labute approximate surface area is 103 Å². The van der Waals surface area contributed by atoms with E-state index in [1.54, 1.807) is 0 Å². The second kappa shape index (κ2) is 6.35. The lowest BCUT2D eigenvalue weighted by Crippen LogP contribution is -1.77. The maximum atomic E-state index is 3.09. The maximum Gasteiger partial charge on any atom is 0.0248 e. The van der Waals surface area contributed by atoms with Gasteiger partial charge in [-0.3, -0.25) is 0 Å². The Balaban J connectivity index is 1.89. The highest BCUT2D eigenvalue weighted by atomic mass is 13.9. The van der Waals surface area contributed by atoms with Crippen molar-refractivity contribution >= 4 is 0 Å². The van der Waals surface area contributed by atoms with E-state index >= 15 is 0 Å². The average Bonchev–Trinajstić information content (AvgIpc) is 2.41. The highest BCUT2D eigenvalue weighted by Gasteiger charge is 1.84. The van der Waals surface area contributed by atoms with Crippen molar-refractivity contribution in [2.45, 2.75) is 6.42 Å². The fourth-order valence-electron chi connectivity index (χ4n) is 1.51. The van der Waals surface area contributed by atoms with Crippen molar-refractivity contribution in [1.82, 2.24) is 0 Å². The van der Waals surface area contributed by atoms with E-state index in [-0.39, 0.29) is 0 Å². The summed E-state index contributed by atoms with van der Waals surface area (Å²) in [6.45, 7) is 0. The van der Waals surface area contributed by atoms with E-state index in [1.807, 2.05) is 42.5 Å². The molecule has 82 valence electrons. The maximum absolute atomic E-state index is 3.09.